The van der Waals surface area contributed by atoms with E-state index in [1.165, 1.54) is 0 Å². The van der Waals surface area contributed by atoms with Crippen molar-refractivity contribution in [2.45, 2.75) is 50.8 Å². The van der Waals surface area contributed by atoms with E-state index in [4.69, 9.17) is 4.74 Å². The first kappa shape index (κ1) is 12.6. The predicted molar refractivity (Wildman–Crippen MR) is 63.8 cm³/mol. The van der Waals surface area contributed by atoms with Crippen LogP contribution in [0.3, 0.4) is 0 Å². The van der Waals surface area contributed by atoms with Crippen molar-refractivity contribution in [3.05, 3.63) is 0 Å². The molecule has 0 aromatic heterocycles. The molecule has 5 heteroatoms. The SMILES string of the molecule is CC(C)(C)OC(=O)N1CC2CCC(CO)(C1)N2. The van der Waals surface area contributed by atoms with E-state index in [1.54, 1.807) is 4.90 Å². The first-order valence-corrected chi connectivity index (χ1v) is 6.20. The molecule has 5 nitrogen and oxygen atoms in total. The van der Waals surface area contributed by atoms with Crippen molar-refractivity contribution in [2.24, 2.45) is 0 Å². The Morgan fingerprint density at radius 3 is 2.88 bits per heavy atom. The smallest absolute Gasteiger partial charge is 0.410 e. The zero-order valence-electron chi connectivity index (χ0n) is 10.8. The number of hydrogen-bond donors (Lipinski definition) is 2. The molecule has 98 valence electrons. The van der Waals surface area contributed by atoms with Gasteiger partial charge >= 0.3 is 6.09 Å². The van der Waals surface area contributed by atoms with Crippen molar-refractivity contribution >= 4 is 6.09 Å². The largest absolute Gasteiger partial charge is 0.444 e. The normalized spacial score (nSPS) is 32.7. The summed E-state index contributed by atoms with van der Waals surface area (Å²) in [4.78, 5) is 13.7. The minimum atomic E-state index is -0.465. The average Bonchev–Trinajstić information content (AvgIpc) is 2.52. The fourth-order valence-corrected chi connectivity index (χ4v) is 2.63. The Bertz CT molecular complexity index is 313. The molecule has 0 aromatic carbocycles. The molecule has 0 aliphatic carbocycles. The maximum Gasteiger partial charge on any atom is 0.410 e. The number of nitrogens with zero attached hydrogens (tertiary/aromatic N) is 1. The highest BCUT2D eigenvalue weighted by atomic mass is 16.6. The van der Waals surface area contributed by atoms with E-state index in [2.05, 4.69) is 5.32 Å². The molecule has 2 rings (SSSR count). The van der Waals surface area contributed by atoms with E-state index < -0.39 is 5.60 Å². The molecule has 0 aromatic rings. The number of ether oxygens (including phenoxy) is 1. The van der Waals surface area contributed by atoms with Gasteiger partial charge in [-0.1, -0.05) is 0 Å². The molecule has 0 spiro atoms. The van der Waals surface area contributed by atoms with Gasteiger partial charge in [0.15, 0.2) is 0 Å². The average molecular weight is 242 g/mol. The summed E-state index contributed by atoms with van der Waals surface area (Å²) in [7, 11) is 0. The maximum atomic E-state index is 12.0. The summed E-state index contributed by atoms with van der Waals surface area (Å²) in [5.41, 5.74) is -0.771. The molecule has 0 saturated carbocycles. The number of carbonyl (C=O) groups excluding carboxylic acids is 1. The first-order valence-electron chi connectivity index (χ1n) is 6.20. The van der Waals surface area contributed by atoms with Crippen LogP contribution in [0.1, 0.15) is 33.6 Å². The standard InChI is InChI=1S/C12H22N2O3/c1-11(2,3)17-10(16)14-6-9-4-5-12(7-14,8-15)13-9/h9,13,15H,4-8H2,1-3H3. The number of piperazine rings is 1. The van der Waals surface area contributed by atoms with E-state index in [0.29, 0.717) is 19.1 Å². The summed E-state index contributed by atoms with van der Waals surface area (Å²) in [6.07, 6.45) is 1.66. The molecular formula is C12H22N2O3. The number of rotatable bonds is 1. The van der Waals surface area contributed by atoms with Crippen LogP contribution in [-0.4, -0.2) is 53.0 Å². The molecule has 2 unspecified atom stereocenters. The highest BCUT2D eigenvalue weighted by Gasteiger charge is 2.46. The number of aliphatic hydroxyl groups is 1. The Morgan fingerprint density at radius 1 is 1.59 bits per heavy atom. The van der Waals surface area contributed by atoms with Gasteiger partial charge in [-0.3, -0.25) is 0 Å². The molecule has 2 saturated heterocycles. The predicted octanol–water partition coefficient (Wildman–Crippen LogP) is 0.720. The lowest BCUT2D eigenvalue weighted by Gasteiger charge is -2.40. The molecule has 17 heavy (non-hydrogen) atoms. The van der Waals surface area contributed by atoms with Crippen molar-refractivity contribution in [1.29, 1.82) is 0 Å². The van der Waals surface area contributed by atoms with Crippen molar-refractivity contribution in [3.63, 3.8) is 0 Å². The van der Waals surface area contributed by atoms with Crippen molar-refractivity contribution in [1.82, 2.24) is 10.2 Å². The molecular weight excluding hydrogens is 220 g/mol. The van der Waals surface area contributed by atoms with Crippen LogP contribution in [0.4, 0.5) is 4.79 Å². The monoisotopic (exact) mass is 242 g/mol. The zero-order chi connectivity index (χ0) is 12.7. The Balaban J connectivity index is 2.01. The summed E-state index contributed by atoms with van der Waals surface area (Å²) in [6, 6.07) is 0.295. The molecule has 2 aliphatic rings. The number of aliphatic hydroxyl groups excluding tert-OH is 1. The first-order chi connectivity index (χ1) is 7.84. The van der Waals surface area contributed by atoms with Crippen molar-refractivity contribution in [3.8, 4) is 0 Å². The van der Waals surface area contributed by atoms with Gasteiger partial charge in [0.05, 0.1) is 12.1 Å². The van der Waals surface area contributed by atoms with Gasteiger partial charge in [0.2, 0.25) is 0 Å². The summed E-state index contributed by atoms with van der Waals surface area (Å²) < 4.78 is 5.37. The van der Waals surface area contributed by atoms with Gasteiger partial charge in [0, 0.05) is 19.1 Å². The lowest BCUT2D eigenvalue weighted by atomic mass is 9.98. The summed E-state index contributed by atoms with van der Waals surface area (Å²) >= 11 is 0. The van der Waals surface area contributed by atoms with Gasteiger partial charge in [-0.15, -0.1) is 0 Å². The van der Waals surface area contributed by atoms with Gasteiger partial charge in [0.25, 0.3) is 0 Å². The van der Waals surface area contributed by atoms with Gasteiger partial charge < -0.3 is 20.1 Å². The second-order valence-corrected chi connectivity index (χ2v) is 6.18. The topological polar surface area (TPSA) is 61.8 Å². The molecule has 2 aliphatic heterocycles. The molecule has 2 fully saturated rings. The third-order valence-electron chi connectivity index (χ3n) is 3.37. The number of fused-ring (bicyclic) bond motifs is 2. The molecule has 2 bridgehead atoms. The zero-order valence-corrected chi connectivity index (χ0v) is 10.8. The van der Waals surface area contributed by atoms with Crippen LogP contribution in [0.25, 0.3) is 0 Å². The quantitative estimate of drug-likeness (QED) is 0.711. The molecule has 1 amide bonds. The molecule has 0 radical (unpaired) electrons. The van der Waals surface area contributed by atoms with Crippen LogP contribution >= 0.6 is 0 Å². The second kappa shape index (κ2) is 4.14. The Morgan fingerprint density at radius 2 is 2.29 bits per heavy atom. The number of nitrogens with one attached hydrogen (secondary N) is 1. The van der Waals surface area contributed by atoms with E-state index in [9.17, 15) is 9.90 Å². The number of amides is 1. The molecule has 2 heterocycles. The minimum Gasteiger partial charge on any atom is -0.444 e. The number of hydrogen-bond acceptors (Lipinski definition) is 4. The van der Waals surface area contributed by atoms with E-state index in [1.807, 2.05) is 20.8 Å². The van der Waals surface area contributed by atoms with Crippen LogP contribution < -0.4 is 5.32 Å². The van der Waals surface area contributed by atoms with E-state index in [-0.39, 0.29) is 18.2 Å². The van der Waals surface area contributed by atoms with Crippen LogP contribution in [-0.2, 0) is 4.74 Å². The van der Waals surface area contributed by atoms with Crippen LogP contribution in [0, 0.1) is 0 Å². The lowest BCUT2D eigenvalue weighted by Crippen LogP contribution is -2.62. The van der Waals surface area contributed by atoms with E-state index in [0.717, 1.165) is 12.8 Å². The number of likely N-dealkylation sites (tertiary alicyclic amines) is 1. The summed E-state index contributed by atoms with van der Waals surface area (Å²) in [6.45, 7) is 6.88. The Kier molecular flexibility index (Phi) is 3.08. The summed E-state index contributed by atoms with van der Waals surface area (Å²) in [5, 5.41) is 12.9. The fourth-order valence-electron chi connectivity index (χ4n) is 2.63. The van der Waals surface area contributed by atoms with Gasteiger partial charge in [-0.2, -0.15) is 0 Å². The van der Waals surface area contributed by atoms with Crippen LogP contribution in [0.2, 0.25) is 0 Å². The van der Waals surface area contributed by atoms with Gasteiger partial charge in [-0.25, -0.2) is 4.79 Å². The number of carbonyl (C=O) groups is 1. The second-order valence-electron chi connectivity index (χ2n) is 6.18. The van der Waals surface area contributed by atoms with Crippen LogP contribution in [0.15, 0.2) is 0 Å². The molecule has 2 atom stereocenters. The molecule has 2 N–H and O–H groups in total. The summed E-state index contributed by atoms with van der Waals surface area (Å²) in [5.74, 6) is 0. The van der Waals surface area contributed by atoms with Crippen molar-refractivity contribution in [2.75, 3.05) is 19.7 Å². The van der Waals surface area contributed by atoms with Gasteiger partial charge in [0.1, 0.15) is 5.60 Å². The van der Waals surface area contributed by atoms with Gasteiger partial charge in [-0.05, 0) is 33.6 Å². The minimum absolute atomic E-state index is 0.0722. The van der Waals surface area contributed by atoms with Crippen LogP contribution in [0.5, 0.6) is 0 Å². The van der Waals surface area contributed by atoms with Crippen molar-refractivity contribution < 1.29 is 14.6 Å². The maximum absolute atomic E-state index is 12.0. The Labute approximate surface area is 102 Å². The third kappa shape index (κ3) is 2.72. The highest BCUT2D eigenvalue weighted by Crippen LogP contribution is 2.30. The fraction of sp³-hybridized carbons (Fsp3) is 0.917. The van der Waals surface area contributed by atoms with E-state index >= 15 is 0 Å². The highest BCUT2D eigenvalue weighted by molar-refractivity contribution is 5.68. The third-order valence-corrected chi connectivity index (χ3v) is 3.37. The Hall–Kier alpha value is -0.810. The lowest BCUT2D eigenvalue weighted by molar-refractivity contribution is 0.00734.